The minimum Gasteiger partial charge on any atom is -0.352 e. The van der Waals surface area contributed by atoms with Crippen LogP contribution in [0.4, 0.5) is 18.9 Å². The number of hydrogen-bond donors (Lipinski definition) is 2. The molecule has 2 N–H and O–H groups in total. The number of rotatable bonds is 6. The maximum absolute atomic E-state index is 12.8. The van der Waals surface area contributed by atoms with E-state index in [1.165, 1.54) is 49.6 Å². The van der Waals surface area contributed by atoms with Crippen molar-refractivity contribution in [3.63, 3.8) is 0 Å². The number of carbonyl (C=O) groups is 1. The predicted molar refractivity (Wildman–Crippen MR) is 108 cm³/mol. The zero-order chi connectivity index (χ0) is 21.8. The number of halogens is 3. The smallest absolute Gasteiger partial charge is 0.352 e. The Morgan fingerprint density at radius 2 is 1.67 bits per heavy atom. The number of carbonyl (C=O) groups excluding carboxylic acids is 1. The Bertz CT molecular complexity index is 983. The van der Waals surface area contributed by atoms with Gasteiger partial charge in [-0.3, -0.25) is 9.52 Å². The van der Waals surface area contributed by atoms with Gasteiger partial charge in [0.2, 0.25) is 0 Å². The number of sulfonamides is 1. The van der Waals surface area contributed by atoms with Crippen molar-refractivity contribution in [2.24, 2.45) is 5.92 Å². The van der Waals surface area contributed by atoms with Crippen molar-refractivity contribution < 1.29 is 26.4 Å². The molecule has 0 heterocycles. The number of benzene rings is 2. The Labute approximate surface area is 173 Å². The Morgan fingerprint density at radius 1 is 1.00 bits per heavy atom. The summed E-state index contributed by atoms with van der Waals surface area (Å²) in [4.78, 5) is 12.1. The van der Waals surface area contributed by atoms with Crippen molar-refractivity contribution in [3.05, 3.63) is 59.7 Å². The normalized spacial score (nSPS) is 15.6. The Balaban J connectivity index is 1.65. The van der Waals surface area contributed by atoms with Crippen molar-refractivity contribution in [1.29, 1.82) is 0 Å². The average molecular weight is 440 g/mol. The summed E-state index contributed by atoms with van der Waals surface area (Å²) in [6, 6.07) is 9.23. The SMILES string of the molecule is O=C(NCC1CCCCC1)c1ccc(S(=O)(=O)Nc2cccc(C(F)(F)F)c2)cc1. The summed E-state index contributed by atoms with van der Waals surface area (Å²) >= 11 is 0. The van der Waals surface area contributed by atoms with Gasteiger partial charge >= 0.3 is 6.18 Å². The van der Waals surface area contributed by atoms with Crippen molar-refractivity contribution >= 4 is 21.6 Å². The van der Waals surface area contributed by atoms with Crippen LogP contribution >= 0.6 is 0 Å². The molecule has 1 amide bonds. The molecule has 3 rings (SSSR count). The van der Waals surface area contributed by atoms with Crippen molar-refractivity contribution in [2.75, 3.05) is 11.3 Å². The Kier molecular flexibility index (Phi) is 6.70. The van der Waals surface area contributed by atoms with Gasteiger partial charge in [-0.1, -0.05) is 25.3 Å². The number of hydrogen-bond acceptors (Lipinski definition) is 3. The van der Waals surface area contributed by atoms with Gasteiger partial charge in [0.05, 0.1) is 10.5 Å². The molecular weight excluding hydrogens is 417 g/mol. The van der Waals surface area contributed by atoms with Gasteiger partial charge in [-0.15, -0.1) is 0 Å². The second-order valence-corrected chi connectivity index (χ2v) is 9.10. The van der Waals surface area contributed by atoms with E-state index in [9.17, 15) is 26.4 Å². The van der Waals surface area contributed by atoms with Gasteiger partial charge in [-0.2, -0.15) is 13.2 Å². The fraction of sp³-hybridized carbons (Fsp3) is 0.381. The quantitative estimate of drug-likeness (QED) is 0.677. The molecule has 0 unspecified atom stereocenters. The topological polar surface area (TPSA) is 75.3 Å². The molecule has 0 spiro atoms. The molecule has 0 radical (unpaired) electrons. The molecule has 1 aliphatic carbocycles. The molecular formula is C21H23F3N2O3S. The fourth-order valence-electron chi connectivity index (χ4n) is 3.49. The lowest BCUT2D eigenvalue weighted by Crippen LogP contribution is -2.30. The molecule has 0 atom stereocenters. The minimum atomic E-state index is -4.58. The first-order valence-electron chi connectivity index (χ1n) is 9.73. The first kappa shape index (κ1) is 22.1. The van der Waals surface area contributed by atoms with Crippen molar-refractivity contribution in [2.45, 2.75) is 43.2 Å². The van der Waals surface area contributed by atoms with Crippen LogP contribution in [-0.4, -0.2) is 20.9 Å². The number of alkyl halides is 3. The van der Waals surface area contributed by atoms with Gasteiger partial charge < -0.3 is 5.32 Å². The summed E-state index contributed by atoms with van der Waals surface area (Å²) in [5.41, 5.74) is -0.823. The van der Waals surface area contributed by atoms with E-state index in [1.807, 2.05) is 0 Å². The molecule has 0 saturated heterocycles. The van der Waals surface area contributed by atoms with Gasteiger partial charge in [0.25, 0.3) is 15.9 Å². The van der Waals surface area contributed by atoms with Crippen LogP contribution in [0.1, 0.15) is 48.0 Å². The monoisotopic (exact) mass is 440 g/mol. The molecule has 1 aliphatic rings. The molecule has 1 fully saturated rings. The zero-order valence-corrected chi connectivity index (χ0v) is 17.0. The molecule has 0 aromatic heterocycles. The van der Waals surface area contributed by atoms with Crippen LogP contribution < -0.4 is 10.0 Å². The van der Waals surface area contributed by atoms with Crippen LogP contribution in [0.25, 0.3) is 0 Å². The molecule has 0 aliphatic heterocycles. The first-order chi connectivity index (χ1) is 14.1. The van der Waals surface area contributed by atoms with Crippen molar-refractivity contribution in [1.82, 2.24) is 5.32 Å². The van der Waals surface area contributed by atoms with Gasteiger partial charge in [-0.05, 0) is 61.2 Å². The summed E-state index contributed by atoms with van der Waals surface area (Å²) in [5.74, 6) is 0.189. The summed E-state index contributed by atoms with van der Waals surface area (Å²) in [7, 11) is -4.10. The van der Waals surface area contributed by atoms with Crippen LogP contribution in [0.2, 0.25) is 0 Å². The zero-order valence-electron chi connectivity index (χ0n) is 16.2. The standard InChI is InChI=1S/C21H23F3N2O3S/c22-21(23,24)17-7-4-8-18(13-17)26-30(28,29)19-11-9-16(10-12-19)20(27)25-14-15-5-2-1-3-6-15/h4,7-13,15,26H,1-3,5-6,14H2,(H,25,27). The summed E-state index contributed by atoms with van der Waals surface area (Å²) in [5, 5.41) is 2.88. The van der Waals surface area contributed by atoms with Crippen molar-refractivity contribution in [3.8, 4) is 0 Å². The molecule has 9 heteroatoms. The second-order valence-electron chi connectivity index (χ2n) is 7.42. The second kappa shape index (κ2) is 9.07. The highest BCUT2D eigenvalue weighted by Gasteiger charge is 2.30. The molecule has 30 heavy (non-hydrogen) atoms. The lowest BCUT2D eigenvalue weighted by molar-refractivity contribution is -0.137. The Hall–Kier alpha value is -2.55. The van der Waals surface area contributed by atoms with Gasteiger partial charge in [-0.25, -0.2) is 8.42 Å². The summed E-state index contributed by atoms with van der Waals surface area (Å²) < 4.78 is 65.5. The third kappa shape index (κ3) is 5.75. The van der Waals surface area contributed by atoms with Crippen LogP contribution in [0, 0.1) is 5.92 Å². The van der Waals surface area contributed by atoms with Crippen LogP contribution in [-0.2, 0) is 16.2 Å². The predicted octanol–water partition coefficient (Wildman–Crippen LogP) is 4.82. The molecule has 0 bridgehead atoms. The van der Waals surface area contributed by atoms with Gasteiger partial charge in [0, 0.05) is 17.8 Å². The van der Waals surface area contributed by atoms with E-state index in [4.69, 9.17) is 0 Å². The average Bonchev–Trinajstić information content (AvgIpc) is 2.72. The number of amides is 1. The molecule has 5 nitrogen and oxygen atoms in total. The van der Waals surface area contributed by atoms with E-state index in [0.29, 0.717) is 18.0 Å². The van der Waals surface area contributed by atoms with Gasteiger partial charge in [0.15, 0.2) is 0 Å². The maximum atomic E-state index is 12.8. The fourth-order valence-corrected chi connectivity index (χ4v) is 4.54. The van der Waals surface area contributed by atoms with Gasteiger partial charge in [0.1, 0.15) is 0 Å². The summed E-state index contributed by atoms with van der Waals surface area (Å²) in [6.45, 7) is 0.593. The van der Waals surface area contributed by atoms with E-state index < -0.39 is 21.8 Å². The lowest BCUT2D eigenvalue weighted by Gasteiger charge is -2.21. The first-order valence-corrected chi connectivity index (χ1v) is 11.2. The maximum Gasteiger partial charge on any atom is 0.416 e. The minimum absolute atomic E-state index is 0.149. The largest absolute Gasteiger partial charge is 0.416 e. The van der Waals surface area contributed by atoms with Crippen LogP contribution in [0.3, 0.4) is 0 Å². The van der Waals surface area contributed by atoms with E-state index in [0.717, 1.165) is 31.0 Å². The lowest BCUT2D eigenvalue weighted by atomic mass is 9.89. The highest BCUT2D eigenvalue weighted by molar-refractivity contribution is 7.92. The third-order valence-electron chi connectivity index (χ3n) is 5.14. The van der Waals surface area contributed by atoms with Crippen LogP contribution in [0.15, 0.2) is 53.4 Å². The summed E-state index contributed by atoms with van der Waals surface area (Å²) in [6.07, 6.45) is 1.19. The highest BCUT2D eigenvalue weighted by atomic mass is 32.2. The molecule has 162 valence electrons. The van der Waals surface area contributed by atoms with E-state index >= 15 is 0 Å². The number of nitrogens with one attached hydrogen (secondary N) is 2. The molecule has 1 saturated carbocycles. The number of anilines is 1. The van der Waals surface area contributed by atoms with E-state index in [2.05, 4.69) is 10.0 Å². The Morgan fingerprint density at radius 3 is 2.30 bits per heavy atom. The van der Waals surface area contributed by atoms with Crippen LogP contribution in [0.5, 0.6) is 0 Å². The molecule has 2 aromatic carbocycles. The highest BCUT2D eigenvalue weighted by Crippen LogP contribution is 2.31. The third-order valence-corrected chi connectivity index (χ3v) is 6.54. The van der Waals surface area contributed by atoms with E-state index in [1.54, 1.807) is 0 Å². The molecule has 2 aromatic rings. The van der Waals surface area contributed by atoms with E-state index in [-0.39, 0.29) is 16.5 Å².